The number of ether oxygens (including phenoxy) is 3. The molecule has 2 aromatic carbocycles. The van der Waals surface area contributed by atoms with Crippen molar-refractivity contribution in [3.05, 3.63) is 53.6 Å². The Labute approximate surface area is 173 Å². The highest BCUT2D eigenvalue weighted by Gasteiger charge is 2.33. The molecule has 0 amide bonds. The lowest BCUT2D eigenvalue weighted by atomic mass is 9.93. The fourth-order valence-electron chi connectivity index (χ4n) is 3.20. The van der Waals surface area contributed by atoms with Crippen LogP contribution in [0, 0.1) is 0 Å². The summed E-state index contributed by atoms with van der Waals surface area (Å²) in [4.78, 5) is 2.21. The summed E-state index contributed by atoms with van der Waals surface area (Å²) in [5.41, 5.74) is -0.266. The van der Waals surface area contributed by atoms with Crippen LogP contribution in [0.4, 0.5) is 13.2 Å². The van der Waals surface area contributed by atoms with Crippen LogP contribution in [0.1, 0.15) is 19.8 Å². The third kappa shape index (κ3) is 6.72. The van der Waals surface area contributed by atoms with Crippen LogP contribution in [0.3, 0.4) is 0 Å². The number of hydrogen-bond donors (Lipinski definition) is 0. The van der Waals surface area contributed by atoms with Crippen molar-refractivity contribution in [3.63, 3.8) is 0 Å². The van der Waals surface area contributed by atoms with Crippen LogP contribution in [0.2, 0.25) is 5.02 Å². The van der Waals surface area contributed by atoms with Crippen molar-refractivity contribution in [1.82, 2.24) is 4.90 Å². The molecule has 0 saturated carbocycles. The van der Waals surface area contributed by atoms with Crippen LogP contribution >= 0.6 is 11.6 Å². The number of rotatable bonds is 7. The minimum atomic E-state index is -4.75. The van der Waals surface area contributed by atoms with E-state index >= 15 is 0 Å². The zero-order valence-corrected chi connectivity index (χ0v) is 16.8. The molecule has 1 heterocycles. The summed E-state index contributed by atoms with van der Waals surface area (Å²) in [7, 11) is 0. The van der Waals surface area contributed by atoms with Gasteiger partial charge in [0.05, 0.1) is 0 Å². The second-order valence-corrected chi connectivity index (χ2v) is 7.63. The first-order chi connectivity index (χ1) is 13.7. The molecule has 2 aromatic rings. The summed E-state index contributed by atoms with van der Waals surface area (Å²) >= 11 is 5.90. The minimum Gasteiger partial charge on any atom is -0.488 e. The maximum atomic E-state index is 12.5. The van der Waals surface area contributed by atoms with Crippen molar-refractivity contribution in [1.29, 1.82) is 0 Å². The fourth-order valence-corrected chi connectivity index (χ4v) is 3.33. The van der Waals surface area contributed by atoms with E-state index < -0.39 is 6.36 Å². The number of alkyl halides is 3. The van der Waals surface area contributed by atoms with Gasteiger partial charge in [0, 0.05) is 24.7 Å². The first-order valence-corrected chi connectivity index (χ1v) is 9.75. The predicted molar refractivity (Wildman–Crippen MR) is 105 cm³/mol. The molecular weight excluding hydrogens is 407 g/mol. The number of piperidine rings is 1. The third-order valence-electron chi connectivity index (χ3n) is 4.83. The lowest BCUT2D eigenvalue weighted by molar-refractivity contribution is -0.275. The maximum Gasteiger partial charge on any atom is 0.573 e. The van der Waals surface area contributed by atoms with E-state index in [1.807, 2.05) is 12.1 Å². The normalized spacial score (nSPS) is 17.0. The third-order valence-corrected chi connectivity index (χ3v) is 5.08. The molecule has 0 spiro atoms. The predicted octanol–water partition coefficient (Wildman–Crippen LogP) is 5.55. The van der Waals surface area contributed by atoms with Crippen LogP contribution in [-0.2, 0) is 0 Å². The molecular formula is C21H23ClF3NO3. The molecule has 0 atom stereocenters. The standard InChI is InChI=1S/C21H23ClF3NO3/c1-20(28-17-8-6-16(22)7-9-17)10-12-26(13-11-20)14-15-27-18-4-2-3-5-19(18)29-21(23,24)25/h2-9H,10-15H2,1H3. The number of benzene rings is 2. The first kappa shape index (κ1) is 21.6. The van der Waals surface area contributed by atoms with Crippen LogP contribution < -0.4 is 14.2 Å². The van der Waals surface area contributed by atoms with Gasteiger partial charge in [0.15, 0.2) is 11.5 Å². The second-order valence-electron chi connectivity index (χ2n) is 7.19. The number of likely N-dealkylation sites (tertiary alicyclic amines) is 1. The molecule has 0 bridgehead atoms. The van der Waals surface area contributed by atoms with E-state index in [0.29, 0.717) is 11.6 Å². The first-order valence-electron chi connectivity index (χ1n) is 9.37. The van der Waals surface area contributed by atoms with E-state index in [1.165, 1.54) is 18.2 Å². The van der Waals surface area contributed by atoms with Crippen LogP contribution in [0.25, 0.3) is 0 Å². The van der Waals surface area contributed by atoms with Crippen molar-refractivity contribution in [2.45, 2.75) is 31.7 Å². The molecule has 0 aliphatic carbocycles. The maximum absolute atomic E-state index is 12.5. The Morgan fingerprint density at radius 1 is 1.00 bits per heavy atom. The highest BCUT2D eigenvalue weighted by atomic mass is 35.5. The molecule has 0 aromatic heterocycles. The fraction of sp³-hybridized carbons (Fsp3) is 0.429. The molecule has 3 rings (SSSR count). The summed E-state index contributed by atoms with van der Waals surface area (Å²) in [6.07, 6.45) is -3.08. The Kier molecular flexibility index (Phi) is 6.80. The Bertz CT molecular complexity index is 791. The molecule has 0 N–H and O–H groups in total. The van der Waals surface area contributed by atoms with Crippen molar-refractivity contribution < 1.29 is 27.4 Å². The van der Waals surface area contributed by atoms with Gasteiger partial charge in [-0.3, -0.25) is 4.90 Å². The van der Waals surface area contributed by atoms with Crippen LogP contribution in [-0.4, -0.2) is 43.1 Å². The summed E-state index contributed by atoms with van der Waals surface area (Å²) in [5.74, 6) is 0.537. The summed E-state index contributed by atoms with van der Waals surface area (Å²) in [5, 5.41) is 0.666. The molecule has 29 heavy (non-hydrogen) atoms. The minimum absolute atomic E-state index is 0.0812. The van der Waals surface area contributed by atoms with Gasteiger partial charge < -0.3 is 14.2 Å². The highest BCUT2D eigenvalue weighted by Crippen LogP contribution is 2.32. The molecule has 1 aliphatic rings. The number of halogens is 4. The molecule has 158 valence electrons. The molecule has 4 nitrogen and oxygen atoms in total. The molecule has 1 saturated heterocycles. The van der Waals surface area contributed by atoms with Gasteiger partial charge in [-0.1, -0.05) is 23.7 Å². The lowest BCUT2D eigenvalue weighted by Gasteiger charge is -2.39. The monoisotopic (exact) mass is 429 g/mol. The summed E-state index contributed by atoms with van der Waals surface area (Å²) < 4.78 is 53.1. The molecule has 0 unspecified atom stereocenters. The Hall–Kier alpha value is -2.12. The van der Waals surface area contributed by atoms with E-state index in [-0.39, 0.29) is 23.7 Å². The zero-order chi connectivity index (χ0) is 20.9. The number of nitrogens with zero attached hydrogens (tertiary/aromatic N) is 1. The molecule has 0 radical (unpaired) electrons. The quantitative estimate of drug-likeness (QED) is 0.577. The van der Waals surface area contributed by atoms with Gasteiger partial charge >= 0.3 is 6.36 Å². The second kappa shape index (κ2) is 9.13. The van der Waals surface area contributed by atoms with Crippen molar-refractivity contribution in [2.24, 2.45) is 0 Å². The zero-order valence-electron chi connectivity index (χ0n) is 16.0. The van der Waals surface area contributed by atoms with Crippen LogP contribution in [0.15, 0.2) is 48.5 Å². The SMILES string of the molecule is CC1(Oc2ccc(Cl)cc2)CCN(CCOc2ccccc2OC(F)(F)F)CC1. The van der Waals surface area contributed by atoms with E-state index in [4.69, 9.17) is 21.1 Å². The van der Waals surface area contributed by atoms with E-state index in [2.05, 4.69) is 16.6 Å². The van der Waals surface area contributed by atoms with Crippen molar-refractivity contribution in [2.75, 3.05) is 26.2 Å². The lowest BCUT2D eigenvalue weighted by Crippen LogP contribution is -2.47. The average Bonchev–Trinajstić information content (AvgIpc) is 2.66. The Morgan fingerprint density at radius 3 is 2.24 bits per heavy atom. The molecule has 1 fully saturated rings. The molecule has 1 aliphatic heterocycles. The topological polar surface area (TPSA) is 30.9 Å². The summed E-state index contributed by atoms with van der Waals surface area (Å²) in [6.45, 7) is 4.59. The number of hydrogen-bond acceptors (Lipinski definition) is 4. The molecule has 8 heteroatoms. The van der Waals surface area contributed by atoms with Gasteiger partial charge in [-0.15, -0.1) is 13.2 Å². The van der Waals surface area contributed by atoms with Gasteiger partial charge in [-0.2, -0.15) is 0 Å². The smallest absolute Gasteiger partial charge is 0.488 e. The van der Waals surface area contributed by atoms with Crippen LogP contribution in [0.5, 0.6) is 17.2 Å². The number of para-hydroxylation sites is 2. The van der Waals surface area contributed by atoms with Gasteiger partial charge in [0.25, 0.3) is 0 Å². The average molecular weight is 430 g/mol. The highest BCUT2D eigenvalue weighted by molar-refractivity contribution is 6.30. The van der Waals surface area contributed by atoms with E-state index in [9.17, 15) is 13.2 Å². The Balaban J connectivity index is 1.45. The van der Waals surface area contributed by atoms with E-state index in [0.717, 1.165) is 31.7 Å². The van der Waals surface area contributed by atoms with E-state index in [1.54, 1.807) is 18.2 Å². The summed E-state index contributed by atoms with van der Waals surface area (Å²) in [6, 6.07) is 13.1. The van der Waals surface area contributed by atoms with Crippen molar-refractivity contribution in [3.8, 4) is 17.2 Å². The van der Waals surface area contributed by atoms with Gasteiger partial charge in [-0.25, -0.2) is 0 Å². The van der Waals surface area contributed by atoms with Gasteiger partial charge in [0.2, 0.25) is 0 Å². The Morgan fingerprint density at radius 2 is 1.62 bits per heavy atom. The largest absolute Gasteiger partial charge is 0.573 e. The van der Waals surface area contributed by atoms with Gasteiger partial charge in [0.1, 0.15) is 18.0 Å². The van der Waals surface area contributed by atoms with Gasteiger partial charge in [-0.05, 0) is 56.2 Å². The van der Waals surface area contributed by atoms with Crippen molar-refractivity contribution >= 4 is 11.6 Å².